The van der Waals surface area contributed by atoms with Crippen LogP contribution in [0.3, 0.4) is 0 Å². The van der Waals surface area contributed by atoms with Gasteiger partial charge in [0.1, 0.15) is 0 Å². The van der Waals surface area contributed by atoms with Gasteiger partial charge in [0, 0.05) is 28.3 Å². The van der Waals surface area contributed by atoms with E-state index in [1.54, 1.807) is 0 Å². The van der Waals surface area contributed by atoms with Gasteiger partial charge in [0.05, 0.1) is 0 Å². The molecule has 1 unspecified atom stereocenters. The molecule has 0 radical (unpaired) electrons. The van der Waals surface area contributed by atoms with E-state index in [1.165, 1.54) is 24.0 Å². The van der Waals surface area contributed by atoms with Gasteiger partial charge in [-0.25, -0.2) is 0 Å². The third-order valence-corrected chi connectivity index (χ3v) is 4.37. The molecule has 2 nitrogen and oxygen atoms in total. The molecule has 0 saturated heterocycles. The van der Waals surface area contributed by atoms with Gasteiger partial charge in [-0.3, -0.25) is 4.21 Å². The Morgan fingerprint density at radius 3 is 2.94 bits per heavy atom. The Labute approximate surface area is 106 Å². The Bertz CT molecular complexity index is 388. The fourth-order valence-corrected chi connectivity index (χ4v) is 3.05. The maximum atomic E-state index is 11.9. The first-order valence-corrected chi connectivity index (χ1v) is 7.87. The zero-order valence-electron chi connectivity index (χ0n) is 10.4. The minimum atomic E-state index is -0.714. The Balaban J connectivity index is 1.65. The van der Waals surface area contributed by atoms with E-state index >= 15 is 0 Å². The molecule has 17 heavy (non-hydrogen) atoms. The highest BCUT2D eigenvalue weighted by atomic mass is 32.2. The fourth-order valence-electron chi connectivity index (χ4n) is 1.89. The molecule has 0 bridgehead atoms. The number of benzene rings is 1. The van der Waals surface area contributed by atoms with Gasteiger partial charge in [0.15, 0.2) is 0 Å². The number of nitrogens with one attached hydrogen (secondary N) is 1. The zero-order valence-corrected chi connectivity index (χ0v) is 11.3. The van der Waals surface area contributed by atoms with Crippen LogP contribution in [0.2, 0.25) is 0 Å². The van der Waals surface area contributed by atoms with Crippen molar-refractivity contribution >= 4 is 10.8 Å². The minimum Gasteiger partial charge on any atom is -0.314 e. The molecule has 1 aliphatic carbocycles. The molecule has 1 atom stereocenters. The molecule has 0 spiro atoms. The first kappa shape index (κ1) is 12.8. The summed E-state index contributed by atoms with van der Waals surface area (Å²) in [5.74, 6) is 1.51. The van der Waals surface area contributed by atoms with Crippen LogP contribution in [0.1, 0.15) is 30.4 Å². The SMILES string of the molecule is Cc1cccc(CS(=O)CCCNC2CC2)c1. The molecule has 0 aliphatic heterocycles. The molecule has 1 aromatic carbocycles. The normalized spacial score (nSPS) is 17.0. The van der Waals surface area contributed by atoms with E-state index in [0.29, 0.717) is 5.75 Å². The monoisotopic (exact) mass is 251 g/mol. The lowest BCUT2D eigenvalue weighted by atomic mass is 10.2. The molecular weight excluding hydrogens is 230 g/mol. The van der Waals surface area contributed by atoms with Gasteiger partial charge < -0.3 is 5.32 Å². The molecule has 1 aliphatic rings. The van der Waals surface area contributed by atoms with E-state index in [4.69, 9.17) is 0 Å². The highest BCUT2D eigenvalue weighted by Crippen LogP contribution is 2.18. The van der Waals surface area contributed by atoms with Crippen LogP contribution in [0.5, 0.6) is 0 Å². The van der Waals surface area contributed by atoms with Crippen molar-refractivity contribution in [1.82, 2.24) is 5.32 Å². The van der Waals surface area contributed by atoms with Gasteiger partial charge in [-0.2, -0.15) is 0 Å². The van der Waals surface area contributed by atoms with Gasteiger partial charge >= 0.3 is 0 Å². The Hall–Kier alpha value is -0.670. The second-order valence-electron chi connectivity index (χ2n) is 4.86. The Morgan fingerprint density at radius 2 is 2.24 bits per heavy atom. The molecule has 0 amide bonds. The molecule has 94 valence electrons. The summed E-state index contributed by atoms with van der Waals surface area (Å²) in [6, 6.07) is 9.07. The quantitative estimate of drug-likeness (QED) is 0.754. The first-order valence-electron chi connectivity index (χ1n) is 6.38. The van der Waals surface area contributed by atoms with Crippen molar-refractivity contribution in [3.8, 4) is 0 Å². The number of hydrogen-bond donors (Lipinski definition) is 1. The van der Waals surface area contributed by atoms with E-state index in [9.17, 15) is 4.21 Å². The molecule has 1 aromatic rings. The van der Waals surface area contributed by atoms with Gasteiger partial charge in [0.2, 0.25) is 0 Å². The molecule has 0 aromatic heterocycles. The number of aryl methyl sites for hydroxylation is 1. The lowest BCUT2D eigenvalue weighted by molar-refractivity contribution is 0.657. The van der Waals surface area contributed by atoms with E-state index < -0.39 is 10.8 Å². The van der Waals surface area contributed by atoms with Crippen LogP contribution in [0.15, 0.2) is 24.3 Å². The topological polar surface area (TPSA) is 29.1 Å². The van der Waals surface area contributed by atoms with Crippen LogP contribution >= 0.6 is 0 Å². The predicted octanol–water partition coefficient (Wildman–Crippen LogP) is 2.39. The van der Waals surface area contributed by atoms with Crippen molar-refractivity contribution in [2.24, 2.45) is 0 Å². The van der Waals surface area contributed by atoms with Gasteiger partial charge in [-0.15, -0.1) is 0 Å². The predicted molar refractivity (Wildman–Crippen MR) is 73.5 cm³/mol. The number of rotatable bonds is 7. The van der Waals surface area contributed by atoms with Gasteiger partial charge in [-0.05, 0) is 38.3 Å². The summed E-state index contributed by atoms with van der Waals surface area (Å²) in [5.41, 5.74) is 2.44. The molecule has 1 saturated carbocycles. The highest BCUT2D eigenvalue weighted by Gasteiger charge is 2.19. The van der Waals surface area contributed by atoms with E-state index in [-0.39, 0.29) is 0 Å². The van der Waals surface area contributed by atoms with Crippen molar-refractivity contribution in [2.45, 2.75) is 38.0 Å². The molecular formula is C14H21NOS. The summed E-state index contributed by atoms with van der Waals surface area (Å²) in [6.45, 7) is 3.09. The smallest absolute Gasteiger partial charge is 0.0485 e. The first-order chi connectivity index (χ1) is 8.24. The van der Waals surface area contributed by atoms with Crippen molar-refractivity contribution < 1.29 is 4.21 Å². The van der Waals surface area contributed by atoms with Crippen LogP contribution in [-0.4, -0.2) is 22.5 Å². The standard InChI is InChI=1S/C14H21NOS/c1-12-4-2-5-13(10-12)11-17(16)9-3-8-15-14-6-7-14/h2,4-5,10,14-15H,3,6-9,11H2,1H3. The number of hydrogen-bond acceptors (Lipinski definition) is 2. The zero-order chi connectivity index (χ0) is 12.1. The van der Waals surface area contributed by atoms with Crippen LogP contribution in [-0.2, 0) is 16.6 Å². The average Bonchev–Trinajstić information content (AvgIpc) is 3.08. The van der Waals surface area contributed by atoms with Crippen molar-refractivity contribution in [3.63, 3.8) is 0 Å². The van der Waals surface area contributed by atoms with Crippen LogP contribution in [0, 0.1) is 6.92 Å². The summed E-state index contributed by atoms with van der Waals surface area (Å²) < 4.78 is 11.9. The Kier molecular flexibility index (Phi) is 4.75. The van der Waals surface area contributed by atoms with Crippen LogP contribution in [0.4, 0.5) is 0 Å². The molecule has 2 rings (SSSR count). The summed E-state index contributed by atoms with van der Waals surface area (Å²) in [4.78, 5) is 0. The summed E-state index contributed by atoms with van der Waals surface area (Å²) in [6.07, 6.45) is 3.67. The lowest BCUT2D eigenvalue weighted by Gasteiger charge is -2.04. The van der Waals surface area contributed by atoms with Crippen molar-refractivity contribution in [3.05, 3.63) is 35.4 Å². The van der Waals surface area contributed by atoms with Crippen LogP contribution in [0.25, 0.3) is 0 Å². The largest absolute Gasteiger partial charge is 0.314 e. The van der Waals surface area contributed by atoms with Gasteiger partial charge in [-0.1, -0.05) is 29.8 Å². The minimum absolute atomic E-state index is 0.700. The maximum absolute atomic E-state index is 11.9. The van der Waals surface area contributed by atoms with Crippen LogP contribution < -0.4 is 5.32 Å². The highest BCUT2D eigenvalue weighted by molar-refractivity contribution is 7.84. The molecule has 3 heteroatoms. The molecule has 1 fully saturated rings. The molecule has 1 N–H and O–H groups in total. The fraction of sp³-hybridized carbons (Fsp3) is 0.571. The van der Waals surface area contributed by atoms with Gasteiger partial charge in [0.25, 0.3) is 0 Å². The summed E-state index contributed by atoms with van der Waals surface area (Å²) in [5, 5.41) is 3.45. The molecule has 0 heterocycles. The second-order valence-corrected chi connectivity index (χ2v) is 6.44. The Morgan fingerprint density at radius 1 is 1.41 bits per heavy atom. The van der Waals surface area contributed by atoms with E-state index in [0.717, 1.165) is 24.8 Å². The maximum Gasteiger partial charge on any atom is 0.0485 e. The van der Waals surface area contributed by atoms with Crippen molar-refractivity contribution in [1.29, 1.82) is 0 Å². The average molecular weight is 251 g/mol. The third kappa shape index (κ3) is 5.00. The third-order valence-electron chi connectivity index (χ3n) is 2.97. The lowest BCUT2D eigenvalue weighted by Crippen LogP contribution is -2.19. The van der Waals surface area contributed by atoms with E-state index in [2.05, 4.69) is 30.4 Å². The van der Waals surface area contributed by atoms with E-state index in [1.807, 2.05) is 6.07 Å². The summed E-state index contributed by atoms with van der Waals surface area (Å²) >= 11 is 0. The summed E-state index contributed by atoms with van der Waals surface area (Å²) in [7, 11) is -0.714. The second kappa shape index (κ2) is 6.31. The van der Waals surface area contributed by atoms with Crippen molar-refractivity contribution in [2.75, 3.05) is 12.3 Å².